The molecule has 2 rings (SSSR count). The molecule has 0 aliphatic rings. The molecule has 1 heterocycles. The van der Waals surface area contributed by atoms with E-state index in [4.69, 9.17) is 9.26 Å². The molecule has 0 saturated carbocycles. The van der Waals surface area contributed by atoms with Crippen molar-refractivity contribution in [1.82, 2.24) is 10.5 Å². The van der Waals surface area contributed by atoms with Crippen LogP contribution in [0.4, 0.5) is 0 Å². The molecule has 5 nitrogen and oxygen atoms in total. The summed E-state index contributed by atoms with van der Waals surface area (Å²) in [4.78, 5) is 10.1. The van der Waals surface area contributed by atoms with Crippen molar-refractivity contribution < 1.29 is 14.1 Å². The monoisotopic (exact) mass is 232 g/mol. The fraction of sp³-hybridized carbons (Fsp3) is 0.167. The van der Waals surface area contributed by atoms with Crippen LogP contribution in [0.1, 0.15) is 5.76 Å². The first-order valence-electron chi connectivity index (χ1n) is 5.10. The minimum atomic E-state index is 0.334. The summed E-state index contributed by atoms with van der Waals surface area (Å²) < 4.78 is 10.2. The molecular formula is C12H12N2O3. The highest BCUT2D eigenvalue weighted by Crippen LogP contribution is 2.23. The van der Waals surface area contributed by atoms with E-state index in [2.05, 4.69) is 10.5 Å². The molecule has 1 aromatic carbocycles. The number of benzene rings is 1. The van der Waals surface area contributed by atoms with E-state index in [0.29, 0.717) is 24.4 Å². The fourth-order valence-electron chi connectivity index (χ4n) is 1.46. The second-order valence-corrected chi connectivity index (χ2v) is 3.41. The number of aromatic nitrogens is 1. The van der Waals surface area contributed by atoms with E-state index in [1.165, 1.54) is 0 Å². The van der Waals surface area contributed by atoms with Crippen LogP contribution in [0.15, 0.2) is 34.9 Å². The smallest absolute Gasteiger partial charge is 0.207 e. The van der Waals surface area contributed by atoms with E-state index in [9.17, 15) is 4.79 Å². The minimum Gasteiger partial charge on any atom is -0.497 e. The van der Waals surface area contributed by atoms with Gasteiger partial charge >= 0.3 is 0 Å². The summed E-state index contributed by atoms with van der Waals surface area (Å²) in [6, 6.07) is 9.31. The van der Waals surface area contributed by atoms with Crippen molar-refractivity contribution in [2.75, 3.05) is 7.11 Å². The van der Waals surface area contributed by atoms with Gasteiger partial charge in [-0.25, -0.2) is 0 Å². The number of nitrogens with zero attached hydrogens (tertiary/aromatic N) is 1. The van der Waals surface area contributed by atoms with Crippen LogP contribution in [0.2, 0.25) is 0 Å². The van der Waals surface area contributed by atoms with Crippen molar-refractivity contribution >= 4 is 6.41 Å². The van der Waals surface area contributed by atoms with Gasteiger partial charge in [-0.05, 0) is 12.1 Å². The molecule has 1 aromatic heterocycles. The first-order chi connectivity index (χ1) is 8.33. The van der Waals surface area contributed by atoms with Crippen molar-refractivity contribution in [3.05, 3.63) is 36.1 Å². The third-order valence-electron chi connectivity index (χ3n) is 2.28. The predicted molar refractivity (Wildman–Crippen MR) is 61.4 cm³/mol. The molecule has 88 valence electrons. The largest absolute Gasteiger partial charge is 0.497 e. The minimum absolute atomic E-state index is 0.334. The van der Waals surface area contributed by atoms with Crippen molar-refractivity contribution in [3.8, 4) is 17.0 Å². The summed E-state index contributed by atoms with van der Waals surface area (Å²) in [5, 5.41) is 6.44. The maximum absolute atomic E-state index is 10.1. The van der Waals surface area contributed by atoms with Crippen LogP contribution >= 0.6 is 0 Å². The summed E-state index contributed by atoms with van der Waals surface area (Å²) in [5.74, 6) is 1.37. The molecule has 0 bridgehead atoms. The van der Waals surface area contributed by atoms with Crippen LogP contribution in [-0.4, -0.2) is 18.7 Å². The molecule has 0 atom stereocenters. The Labute approximate surface area is 98.4 Å². The van der Waals surface area contributed by atoms with Gasteiger partial charge in [0.25, 0.3) is 0 Å². The van der Waals surface area contributed by atoms with Crippen LogP contribution in [0.25, 0.3) is 11.3 Å². The van der Waals surface area contributed by atoms with Crippen LogP contribution in [0.5, 0.6) is 5.75 Å². The lowest BCUT2D eigenvalue weighted by molar-refractivity contribution is -0.109. The third kappa shape index (κ3) is 2.63. The van der Waals surface area contributed by atoms with E-state index in [1.807, 2.05) is 24.3 Å². The van der Waals surface area contributed by atoms with Gasteiger partial charge in [0.1, 0.15) is 11.4 Å². The molecular weight excluding hydrogens is 220 g/mol. The van der Waals surface area contributed by atoms with E-state index in [1.54, 1.807) is 13.2 Å². The Balaban J connectivity index is 2.20. The summed E-state index contributed by atoms with van der Waals surface area (Å²) >= 11 is 0. The van der Waals surface area contributed by atoms with E-state index in [0.717, 1.165) is 11.3 Å². The zero-order valence-electron chi connectivity index (χ0n) is 9.34. The summed E-state index contributed by atoms with van der Waals surface area (Å²) in [6.45, 7) is 0.334. The zero-order valence-corrected chi connectivity index (χ0v) is 9.34. The van der Waals surface area contributed by atoms with Gasteiger partial charge < -0.3 is 14.6 Å². The van der Waals surface area contributed by atoms with E-state index >= 15 is 0 Å². The molecule has 0 aliphatic heterocycles. The Hall–Kier alpha value is -2.30. The lowest BCUT2D eigenvalue weighted by atomic mass is 10.1. The van der Waals surface area contributed by atoms with Crippen molar-refractivity contribution in [2.24, 2.45) is 0 Å². The molecule has 2 aromatic rings. The Morgan fingerprint density at radius 3 is 3.12 bits per heavy atom. The number of rotatable bonds is 5. The lowest BCUT2D eigenvalue weighted by Gasteiger charge is -2.00. The topological polar surface area (TPSA) is 64.4 Å². The van der Waals surface area contributed by atoms with Crippen molar-refractivity contribution in [1.29, 1.82) is 0 Å². The quantitative estimate of drug-likeness (QED) is 0.795. The Morgan fingerprint density at radius 2 is 2.35 bits per heavy atom. The van der Waals surface area contributed by atoms with Crippen molar-refractivity contribution in [2.45, 2.75) is 6.54 Å². The third-order valence-corrected chi connectivity index (χ3v) is 2.28. The van der Waals surface area contributed by atoms with Crippen LogP contribution in [0.3, 0.4) is 0 Å². The second-order valence-electron chi connectivity index (χ2n) is 3.41. The fourth-order valence-corrected chi connectivity index (χ4v) is 1.46. The molecule has 0 radical (unpaired) electrons. The molecule has 0 aliphatic carbocycles. The molecule has 0 unspecified atom stereocenters. The number of amides is 1. The first-order valence-corrected chi connectivity index (χ1v) is 5.10. The van der Waals surface area contributed by atoms with Gasteiger partial charge in [0.15, 0.2) is 5.76 Å². The number of hydrogen-bond donors (Lipinski definition) is 1. The normalized spacial score (nSPS) is 9.94. The molecule has 1 amide bonds. The standard InChI is InChI=1S/C12H12N2O3/c1-16-10-4-2-3-9(5-10)12-6-11(17-14-12)7-13-8-15/h2-6,8H,7H2,1H3,(H,13,15). The Bertz CT molecular complexity index is 508. The highest BCUT2D eigenvalue weighted by atomic mass is 16.5. The first kappa shape index (κ1) is 11.2. The highest BCUT2D eigenvalue weighted by Gasteiger charge is 2.06. The average Bonchev–Trinajstić information content (AvgIpc) is 2.85. The molecule has 17 heavy (non-hydrogen) atoms. The zero-order chi connectivity index (χ0) is 12.1. The number of carbonyl (C=O) groups is 1. The van der Waals surface area contributed by atoms with Crippen molar-refractivity contribution in [3.63, 3.8) is 0 Å². The molecule has 0 fully saturated rings. The maximum atomic E-state index is 10.1. The summed E-state index contributed by atoms with van der Waals surface area (Å²) in [6.07, 6.45) is 0.619. The summed E-state index contributed by atoms with van der Waals surface area (Å²) in [5.41, 5.74) is 1.62. The predicted octanol–water partition coefficient (Wildman–Crippen LogP) is 1.60. The maximum Gasteiger partial charge on any atom is 0.207 e. The Kier molecular flexibility index (Phi) is 3.40. The van der Waals surface area contributed by atoms with Gasteiger partial charge in [-0.1, -0.05) is 17.3 Å². The lowest BCUT2D eigenvalue weighted by Crippen LogP contribution is -2.08. The van der Waals surface area contributed by atoms with Gasteiger partial charge in [0.05, 0.1) is 13.7 Å². The van der Waals surface area contributed by atoms with Gasteiger partial charge in [0.2, 0.25) is 6.41 Å². The van der Waals surface area contributed by atoms with Crippen LogP contribution in [0, 0.1) is 0 Å². The van der Waals surface area contributed by atoms with Crippen LogP contribution in [-0.2, 0) is 11.3 Å². The van der Waals surface area contributed by atoms with Gasteiger partial charge in [-0.3, -0.25) is 4.79 Å². The second kappa shape index (κ2) is 5.16. The SMILES string of the molecule is COc1cccc(-c2cc(CNC=O)on2)c1. The van der Waals surface area contributed by atoms with Crippen LogP contribution < -0.4 is 10.1 Å². The number of carbonyl (C=O) groups excluding carboxylic acids is 1. The number of methoxy groups -OCH3 is 1. The summed E-state index contributed by atoms with van der Waals surface area (Å²) in [7, 11) is 1.61. The molecule has 1 N–H and O–H groups in total. The number of hydrogen-bond acceptors (Lipinski definition) is 4. The van der Waals surface area contributed by atoms with Gasteiger partial charge in [-0.15, -0.1) is 0 Å². The van der Waals surface area contributed by atoms with E-state index in [-0.39, 0.29) is 0 Å². The molecule has 0 saturated heterocycles. The number of ether oxygens (including phenoxy) is 1. The highest BCUT2D eigenvalue weighted by molar-refractivity contribution is 5.61. The molecule has 0 spiro atoms. The van der Waals surface area contributed by atoms with E-state index < -0.39 is 0 Å². The Morgan fingerprint density at radius 1 is 1.47 bits per heavy atom. The van der Waals surface area contributed by atoms with Gasteiger partial charge in [0, 0.05) is 11.6 Å². The average molecular weight is 232 g/mol. The molecule has 5 heteroatoms. The number of nitrogens with one attached hydrogen (secondary N) is 1. The van der Waals surface area contributed by atoms with Gasteiger partial charge in [-0.2, -0.15) is 0 Å².